The number of hydrogen-bond acceptors (Lipinski definition) is 0. The van der Waals surface area contributed by atoms with E-state index in [1.165, 1.54) is 19.3 Å². The molecule has 0 unspecified atom stereocenters. The quantitative estimate of drug-likeness (QED) is 0.533. The Morgan fingerprint density at radius 3 is 2.00 bits per heavy atom. The molecule has 0 aromatic heterocycles. The molecule has 0 N–H and O–H groups in total. The zero-order chi connectivity index (χ0) is 8.85. The molecular formula is C11H22. The molecular weight excluding hydrogens is 132 g/mol. The Bertz CT molecular complexity index is 129. The van der Waals surface area contributed by atoms with Gasteiger partial charge in [-0.15, -0.1) is 0 Å². The monoisotopic (exact) mass is 154 g/mol. The van der Waals surface area contributed by atoms with Crippen molar-refractivity contribution in [3.8, 4) is 0 Å². The Hall–Kier alpha value is -0.260. The molecule has 0 atom stereocenters. The van der Waals surface area contributed by atoms with E-state index in [2.05, 4.69) is 34.6 Å². The Balaban J connectivity index is 3.93. The molecule has 0 saturated heterocycles. The Morgan fingerprint density at radius 1 is 1.09 bits per heavy atom. The summed E-state index contributed by atoms with van der Waals surface area (Å²) >= 11 is 0. The first-order valence-electron chi connectivity index (χ1n) is 4.73. The highest BCUT2D eigenvalue weighted by Crippen LogP contribution is 2.17. The molecule has 0 radical (unpaired) electrons. The van der Waals surface area contributed by atoms with Crippen molar-refractivity contribution in [3.05, 3.63) is 11.1 Å². The van der Waals surface area contributed by atoms with Crippen LogP contribution in [0.25, 0.3) is 0 Å². The molecule has 0 heteroatoms. The van der Waals surface area contributed by atoms with E-state index in [9.17, 15) is 0 Å². The molecule has 0 spiro atoms. The first-order valence-corrected chi connectivity index (χ1v) is 4.73. The zero-order valence-electron chi connectivity index (χ0n) is 8.70. The fourth-order valence-corrected chi connectivity index (χ4v) is 1.37. The maximum Gasteiger partial charge on any atom is -0.0297 e. The maximum absolute atomic E-state index is 2.28. The summed E-state index contributed by atoms with van der Waals surface area (Å²) in [6.45, 7) is 11.3. The highest BCUT2D eigenvalue weighted by Gasteiger charge is 1.99. The molecule has 0 rings (SSSR count). The van der Waals surface area contributed by atoms with Gasteiger partial charge in [-0.2, -0.15) is 0 Å². The third kappa shape index (κ3) is 5.06. The van der Waals surface area contributed by atoms with Crippen LogP contribution in [0.2, 0.25) is 0 Å². The lowest BCUT2D eigenvalue weighted by atomic mass is 9.98. The molecule has 11 heavy (non-hydrogen) atoms. The van der Waals surface area contributed by atoms with Crippen LogP contribution in [0.3, 0.4) is 0 Å². The van der Waals surface area contributed by atoms with E-state index in [-0.39, 0.29) is 0 Å². The number of hydrogen-bond donors (Lipinski definition) is 0. The summed E-state index contributed by atoms with van der Waals surface area (Å²) in [6.07, 6.45) is 3.83. The van der Waals surface area contributed by atoms with Crippen LogP contribution in [0.1, 0.15) is 53.9 Å². The predicted molar refractivity (Wildman–Crippen MR) is 52.7 cm³/mol. The highest BCUT2D eigenvalue weighted by atomic mass is 14.0. The second-order valence-corrected chi connectivity index (χ2v) is 3.91. The lowest BCUT2D eigenvalue weighted by molar-refractivity contribution is 0.634. The van der Waals surface area contributed by atoms with Gasteiger partial charge in [0.05, 0.1) is 0 Å². The van der Waals surface area contributed by atoms with Crippen LogP contribution < -0.4 is 0 Å². The molecule has 66 valence electrons. The molecule has 0 amide bonds. The lowest BCUT2D eigenvalue weighted by Gasteiger charge is -2.08. The topological polar surface area (TPSA) is 0 Å². The average molecular weight is 154 g/mol. The van der Waals surface area contributed by atoms with Gasteiger partial charge < -0.3 is 0 Å². The smallest absolute Gasteiger partial charge is 0.0297 e. The Morgan fingerprint density at radius 2 is 1.64 bits per heavy atom. The molecule has 0 fully saturated rings. The van der Waals surface area contributed by atoms with Crippen LogP contribution in [0.5, 0.6) is 0 Å². The standard InChI is InChI=1S/C11H22/c1-6-7-10(4)11(5)8-9(2)3/h9H,6-8H2,1-5H3. The zero-order valence-corrected chi connectivity index (χ0v) is 8.70. The van der Waals surface area contributed by atoms with Gasteiger partial charge in [0.25, 0.3) is 0 Å². The van der Waals surface area contributed by atoms with E-state index >= 15 is 0 Å². The van der Waals surface area contributed by atoms with Crippen molar-refractivity contribution in [1.29, 1.82) is 0 Å². The maximum atomic E-state index is 2.28. The fourth-order valence-electron chi connectivity index (χ4n) is 1.37. The molecule has 0 nitrogen and oxygen atoms in total. The molecule has 0 aliphatic carbocycles. The van der Waals surface area contributed by atoms with E-state index in [0.29, 0.717) is 0 Å². The second kappa shape index (κ2) is 5.40. The minimum absolute atomic E-state index is 0.807. The molecule has 0 aromatic rings. The molecule has 0 aromatic carbocycles. The van der Waals surface area contributed by atoms with E-state index in [4.69, 9.17) is 0 Å². The molecule has 0 saturated carbocycles. The normalized spacial score (nSPS) is 13.6. The summed E-state index contributed by atoms with van der Waals surface area (Å²) in [7, 11) is 0. The largest absolute Gasteiger partial charge is 0.0744 e. The van der Waals surface area contributed by atoms with Gasteiger partial charge in [-0.05, 0) is 32.6 Å². The van der Waals surface area contributed by atoms with Gasteiger partial charge in [-0.25, -0.2) is 0 Å². The first-order chi connectivity index (χ1) is 5.07. The Labute approximate surface area is 71.7 Å². The minimum atomic E-state index is 0.807. The third-order valence-corrected chi connectivity index (χ3v) is 2.07. The minimum Gasteiger partial charge on any atom is -0.0744 e. The van der Waals surface area contributed by atoms with Crippen LogP contribution in [0, 0.1) is 5.92 Å². The molecule has 0 bridgehead atoms. The summed E-state index contributed by atoms with van der Waals surface area (Å²) in [5.74, 6) is 0.807. The van der Waals surface area contributed by atoms with E-state index < -0.39 is 0 Å². The van der Waals surface area contributed by atoms with Crippen molar-refractivity contribution >= 4 is 0 Å². The predicted octanol–water partition coefficient (Wildman–Crippen LogP) is 4.17. The Kier molecular flexibility index (Phi) is 5.27. The van der Waals surface area contributed by atoms with Gasteiger partial charge in [-0.3, -0.25) is 0 Å². The van der Waals surface area contributed by atoms with Gasteiger partial charge >= 0.3 is 0 Å². The summed E-state index contributed by atoms with van der Waals surface area (Å²) in [6, 6.07) is 0. The van der Waals surface area contributed by atoms with Gasteiger partial charge in [0.15, 0.2) is 0 Å². The number of rotatable bonds is 4. The molecule has 0 heterocycles. The fraction of sp³-hybridized carbons (Fsp3) is 0.818. The first kappa shape index (κ1) is 10.7. The summed E-state index contributed by atoms with van der Waals surface area (Å²) < 4.78 is 0. The van der Waals surface area contributed by atoms with E-state index in [1.807, 2.05) is 0 Å². The second-order valence-electron chi connectivity index (χ2n) is 3.91. The SMILES string of the molecule is CCCC(C)=C(C)CC(C)C. The summed E-state index contributed by atoms with van der Waals surface area (Å²) in [5.41, 5.74) is 3.20. The summed E-state index contributed by atoms with van der Waals surface area (Å²) in [5, 5.41) is 0. The van der Waals surface area contributed by atoms with Crippen molar-refractivity contribution in [2.75, 3.05) is 0 Å². The van der Waals surface area contributed by atoms with Crippen LogP contribution in [0.15, 0.2) is 11.1 Å². The van der Waals surface area contributed by atoms with E-state index in [1.54, 1.807) is 11.1 Å². The van der Waals surface area contributed by atoms with E-state index in [0.717, 1.165) is 5.92 Å². The number of allylic oxidation sites excluding steroid dienone is 2. The van der Waals surface area contributed by atoms with Gasteiger partial charge in [0.2, 0.25) is 0 Å². The summed E-state index contributed by atoms with van der Waals surface area (Å²) in [4.78, 5) is 0. The van der Waals surface area contributed by atoms with Crippen molar-refractivity contribution in [3.63, 3.8) is 0 Å². The lowest BCUT2D eigenvalue weighted by Crippen LogP contribution is -1.91. The van der Waals surface area contributed by atoms with Crippen molar-refractivity contribution in [2.45, 2.75) is 53.9 Å². The average Bonchev–Trinajstić information content (AvgIpc) is 1.86. The van der Waals surface area contributed by atoms with Crippen molar-refractivity contribution < 1.29 is 0 Å². The molecule has 0 aliphatic rings. The van der Waals surface area contributed by atoms with Gasteiger partial charge in [0.1, 0.15) is 0 Å². The third-order valence-electron chi connectivity index (χ3n) is 2.07. The van der Waals surface area contributed by atoms with Gasteiger partial charge in [0, 0.05) is 0 Å². The van der Waals surface area contributed by atoms with Gasteiger partial charge in [-0.1, -0.05) is 38.3 Å². The van der Waals surface area contributed by atoms with Crippen LogP contribution in [0.4, 0.5) is 0 Å². The van der Waals surface area contributed by atoms with Crippen LogP contribution in [-0.4, -0.2) is 0 Å². The van der Waals surface area contributed by atoms with Crippen LogP contribution >= 0.6 is 0 Å². The molecule has 0 aliphatic heterocycles. The van der Waals surface area contributed by atoms with Crippen molar-refractivity contribution in [1.82, 2.24) is 0 Å². The highest BCUT2D eigenvalue weighted by molar-refractivity contribution is 5.09. The van der Waals surface area contributed by atoms with Crippen LogP contribution in [-0.2, 0) is 0 Å². The van der Waals surface area contributed by atoms with Crippen molar-refractivity contribution in [2.24, 2.45) is 5.92 Å².